The van der Waals surface area contributed by atoms with E-state index in [0.717, 1.165) is 7.05 Å². The molecule has 0 saturated carbocycles. The van der Waals surface area contributed by atoms with E-state index in [1.807, 2.05) is 0 Å². The normalized spacial score (nSPS) is 11.7. The lowest BCUT2D eigenvalue weighted by Crippen LogP contribution is -2.14. The monoisotopic (exact) mass is 307 g/mol. The average Bonchev–Trinajstić information content (AvgIpc) is 2.81. The van der Waals surface area contributed by atoms with Gasteiger partial charge in [-0.2, -0.15) is 23.4 Å². The fourth-order valence-corrected chi connectivity index (χ4v) is 1.96. The van der Waals surface area contributed by atoms with Gasteiger partial charge in [-0.05, 0) is 0 Å². The summed E-state index contributed by atoms with van der Waals surface area (Å²) in [6.45, 7) is 0. The van der Waals surface area contributed by atoms with Crippen molar-refractivity contribution in [1.82, 2.24) is 19.6 Å². The van der Waals surface area contributed by atoms with E-state index in [1.165, 1.54) is 10.7 Å². The van der Waals surface area contributed by atoms with Gasteiger partial charge in [-0.1, -0.05) is 11.6 Å². The van der Waals surface area contributed by atoms with Gasteiger partial charge < -0.3 is 5.32 Å². The number of nitrogens with zero attached hydrogens (tertiary/aromatic N) is 4. The molecule has 0 fully saturated rings. The van der Waals surface area contributed by atoms with Crippen LogP contribution in [-0.2, 0) is 20.3 Å². The first-order valence-corrected chi connectivity index (χ1v) is 5.68. The van der Waals surface area contributed by atoms with E-state index in [4.69, 9.17) is 11.6 Å². The Hall–Kier alpha value is -2.03. The third-order valence-corrected chi connectivity index (χ3v) is 2.79. The molecule has 10 heteroatoms. The molecule has 0 aliphatic rings. The molecule has 2 heterocycles. The highest BCUT2D eigenvalue weighted by Gasteiger charge is 2.40. The largest absolute Gasteiger partial charge is 0.434 e. The van der Waals surface area contributed by atoms with E-state index in [-0.39, 0.29) is 5.82 Å². The van der Waals surface area contributed by atoms with E-state index >= 15 is 0 Å². The van der Waals surface area contributed by atoms with Gasteiger partial charge in [0.25, 0.3) is 5.91 Å². The van der Waals surface area contributed by atoms with Crippen LogP contribution in [0.3, 0.4) is 0 Å². The Kier molecular flexibility index (Phi) is 3.46. The lowest BCUT2D eigenvalue weighted by molar-refractivity contribution is -0.143. The van der Waals surface area contributed by atoms with E-state index in [2.05, 4.69) is 15.5 Å². The molecule has 0 bridgehead atoms. The van der Waals surface area contributed by atoms with Crippen LogP contribution in [0.1, 0.15) is 16.2 Å². The number of amides is 1. The number of hydrogen-bond acceptors (Lipinski definition) is 3. The van der Waals surface area contributed by atoms with Gasteiger partial charge in [-0.15, -0.1) is 0 Å². The van der Waals surface area contributed by atoms with Gasteiger partial charge in [0.1, 0.15) is 5.02 Å². The zero-order valence-electron chi connectivity index (χ0n) is 10.4. The van der Waals surface area contributed by atoms with E-state index in [9.17, 15) is 18.0 Å². The van der Waals surface area contributed by atoms with Crippen molar-refractivity contribution in [1.29, 1.82) is 0 Å². The molecule has 108 valence electrons. The average molecular weight is 308 g/mol. The summed E-state index contributed by atoms with van der Waals surface area (Å²) in [5, 5.41) is 8.94. The van der Waals surface area contributed by atoms with Crippen LogP contribution < -0.4 is 5.32 Å². The van der Waals surface area contributed by atoms with Crippen molar-refractivity contribution in [2.45, 2.75) is 6.18 Å². The maximum atomic E-state index is 12.7. The van der Waals surface area contributed by atoms with Crippen LogP contribution in [-0.4, -0.2) is 25.5 Å². The van der Waals surface area contributed by atoms with Crippen LogP contribution in [0.4, 0.5) is 19.0 Å². The minimum Gasteiger partial charge on any atom is -0.304 e. The van der Waals surface area contributed by atoms with Gasteiger partial charge in [0.15, 0.2) is 17.2 Å². The summed E-state index contributed by atoms with van der Waals surface area (Å²) in [5.74, 6) is -0.674. The van der Waals surface area contributed by atoms with Crippen molar-refractivity contribution in [3.05, 3.63) is 28.7 Å². The molecule has 2 rings (SSSR count). The number of alkyl halides is 3. The fourth-order valence-electron chi connectivity index (χ4n) is 1.61. The third kappa shape index (κ3) is 2.62. The predicted molar refractivity (Wildman–Crippen MR) is 64.4 cm³/mol. The Balaban J connectivity index is 2.32. The van der Waals surface area contributed by atoms with Gasteiger partial charge in [0.2, 0.25) is 0 Å². The number of halogens is 4. The number of carbonyl (C=O) groups excluding carboxylic acids is 1. The highest BCUT2D eigenvalue weighted by atomic mass is 35.5. The summed E-state index contributed by atoms with van der Waals surface area (Å²) in [7, 11) is 2.69. The highest BCUT2D eigenvalue weighted by Crippen LogP contribution is 2.36. The molecule has 0 aliphatic heterocycles. The second-order valence-corrected chi connectivity index (χ2v) is 4.34. The number of hydrogen-bond donors (Lipinski definition) is 1. The smallest absolute Gasteiger partial charge is 0.304 e. The molecule has 20 heavy (non-hydrogen) atoms. The molecule has 0 atom stereocenters. The van der Waals surface area contributed by atoms with Crippen LogP contribution in [0.2, 0.25) is 5.02 Å². The standard InChI is InChI=1S/C10H9ClF3N5O/c1-18-4-3-5(16-18)15-9(20)7-6(11)8(10(12,13)14)19(2)17-7/h3-4H,1-2H3,(H,15,16,20). The van der Waals surface area contributed by atoms with Crippen LogP contribution in [0.15, 0.2) is 12.3 Å². The van der Waals surface area contributed by atoms with Crippen molar-refractivity contribution in [2.75, 3.05) is 5.32 Å². The first-order valence-electron chi connectivity index (χ1n) is 5.31. The number of carbonyl (C=O) groups is 1. The molecule has 0 unspecified atom stereocenters. The van der Waals surface area contributed by atoms with E-state index < -0.39 is 28.5 Å². The van der Waals surface area contributed by atoms with Crippen molar-refractivity contribution < 1.29 is 18.0 Å². The molecule has 0 aliphatic carbocycles. The van der Waals surface area contributed by atoms with Crippen molar-refractivity contribution in [2.24, 2.45) is 14.1 Å². The van der Waals surface area contributed by atoms with E-state index in [1.54, 1.807) is 13.2 Å². The summed E-state index contributed by atoms with van der Waals surface area (Å²) in [5.41, 5.74) is -1.68. The summed E-state index contributed by atoms with van der Waals surface area (Å²) < 4.78 is 40.1. The zero-order chi connectivity index (χ0) is 15.1. The van der Waals surface area contributed by atoms with Crippen molar-refractivity contribution >= 4 is 23.3 Å². The predicted octanol–water partition coefficient (Wildman–Crippen LogP) is 2.08. The fraction of sp³-hybridized carbons (Fsp3) is 0.300. The van der Waals surface area contributed by atoms with Gasteiger partial charge in [0, 0.05) is 26.4 Å². The maximum Gasteiger partial charge on any atom is 0.434 e. The summed E-state index contributed by atoms with van der Waals surface area (Å²) in [6, 6.07) is 1.49. The van der Waals surface area contributed by atoms with Gasteiger partial charge in [-0.25, -0.2) is 0 Å². The second-order valence-electron chi connectivity index (χ2n) is 3.96. The van der Waals surface area contributed by atoms with Crippen molar-refractivity contribution in [3.8, 4) is 0 Å². The number of aromatic nitrogens is 4. The molecule has 1 N–H and O–H groups in total. The molecule has 1 amide bonds. The number of rotatable bonds is 2. The number of nitrogens with one attached hydrogen (secondary N) is 1. The molecule has 2 aromatic heterocycles. The summed E-state index contributed by atoms with van der Waals surface area (Å²) in [4.78, 5) is 11.8. The highest BCUT2D eigenvalue weighted by molar-refractivity contribution is 6.34. The molecule has 6 nitrogen and oxygen atoms in total. The SMILES string of the molecule is Cn1ccc(NC(=O)c2nn(C)c(C(F)(F)F)c2Cl)n1. The first-order chi connectivity index (χ1) is 9.20. The topological polar surface area (TPSA) is 64.7 Å². The van der Waals surface area contributed by atoms with Crippen LogP contribution in [0.25, 0.3) is 0 Å². The Bertz CT molecular complexity index is 660. The molecule has 0 spiro atoms. The Labute approximate surface area is 116 Å². The minimum absolute atomic E-state index is 0.188. The summed E-state index contributed by atoms with van der Waals surface area (Å²) in [6.07, 6.45) is -3.13. The maximum absolute atomic E-state index is 12.7. The molecule has 0 saturated heterocycles. The lowest BCUT2D eigenvalue weighted by atomic mass is 10.3. The molecule has 0 aromatic carbocycles. The quantitative estimate of drug-likeness (QED) is 0.924. The Morgan fingerprint density at radius 2 is 2.00 bits per heavy atom. The molecule has 0 radical (unpaired) electrons. The van der Waals surface area contributed by atoms with E-state index in [0.29, 0.717) is 4.68 Å². The number of anilines is 1. The van der Waals surface area contributed by atoms with Crippen LogP contribution >= 0.6 is 11.6 Å². The van der Waals surface area contributed by atoms with Crippen LogP contribution in [0, 0.1) is 0 Å². The number of aryl methyl sites for hydroxylation is 2. The van der Waals surface area contributed by atoms with Gasteiger partial charge >= 0.3 is 6.18 Å². The summed E-state index contributed by atoms with van der Waals surface area (Å²) >= 11 is 5.59. The Morgan fingerprint density at radius 1 is 1.35 bits per heavy atom. The first kappa shape index (κ1) is 14.4. The molecular weight excluding hydrogens is 299 g/mol. The van der Waals surface area contributed by atoms with Crippen LogP contribution in [0.5, 0.6) is 0 Å². The molecule has 2 aromatic rings. The third-order valence-electron chi connectivity index (χ3n) is 2.43. The molecular formula is C10H9ClF3N5O. The van der Waals surface area contributed by atoms with Gasteiger partial charge in [0.05, 0.1) is 0 Å². The van der Waals surface area contributed by atoms with Crippen molar-refractivity contribution in [3.63, 3.8) is 0 Å². The Morgan fingerprint density at radius 3 is 2.45 bits per heavy atom. The minimum atomic E-state index is -4.69. The second kappa shape index (κ2) is 4.82. The zero-order valence-corrected chi connectivity index (χ0v) is 11.1. The van der Waals surface area contributed by atoms with Gasteiger partial charge in [-0.3, -0.25) is 14.2 Å². The lowest BCUT2D eigenvalue weighted by Gasteiger charge is -2.06.